The van der Waals surface area contributed by atoms with E-state index in [4.69, 9.17) is 0 Å². The monoisotopic (exact) mass is 487 g/mol. The molecule has 4 rings (SSSR count). The zero-order valence-corrected chi connectivity index (χ0v) is 20.1. The largest absolute Gasteiger partial charge is 0.351 e. The van der Waals surface area contributed by atoms with Crippen molar-refractivity contribution in [2.45, 2.75) is 61.9 Å². The molecule has 2 aliphatic rings. The van der Waals surface area contributed by atoms with E-state index in [9.17, 15) is 22.4 Å². The van der Waals surface area contributed by atoms with Gasteiger partial charge in [0, 0.05) is 18.3 Å². The van der Waals surface area contributed by atoms with Crippen molar-refractivity contribution in [3.05, 3.63) is 60.4 Å². The van der Waals surface area contributed by atoms with Gasteiger partial charge in [0.15, 0.2) is 0 Å². The van der Waals surface area contributed by atoms with Crippen LogP contribution < -0.4 is 10.2 Å². The minimum Gasteiger partial charge on any atom is -0.351 e. The Bertz CT molecular complexity index is 1130. The summed E-state index contributed by atoms with van der Waals surface area (Å²) >= 11 is 0. The van der Waals surface area contributed by atoms with Crippen molar-refractivity contribution in [2.24, 2.45) is 0 Å². The van der Waals surface area contributed by atoms with Gasteiger partial charge in [-0.2, -0.15) is 4.31 Å². The van der Waals surface area contributed by atoms with Crippen molar-refractivity contribution in [3.8, 4) is 0 Å². The number of sulfonamides is 1. The molecule has 182 valence electrons. The molecule has 1 N–H and O–H groups in total. The number of nitrogens with zero attached hydrogens (tertiary/aromatic N) is 2. The van der Waals surface area contributed by atoms with E-state index in [1.165, 1.54) is 41.3 Å². The second kappa shape index (κ2) is 9.84. The molecule has 2 fully saturated rings. The van der Waals surface area contributed by atoms with E-state index in [0.717, 1.165) is 42.8 Å². The molecule has 0 unspecified atom stereocenters. The number of carbonyl (C=O) groups excluding carboxylic acids is 2. The van der Waals surface area contributed by atoms with Crippen molar-refractivity contribution in [1.29, 1.82) is 0 Å². The van der Waals surface area contributed by atoms with Gasteiger partial charge in [-0.05, 0) is 56.2 Å². The maximum atomic E-state index is 13.7. The highest BCUT2D eigenvalue weighted by molar-refractivity contribution is 7.89. The maximum absolute atomic E-state index is 13.7. The van der Waals surface area contributed by atoms with Gasteiger partial charge in [-0.1, -0.05) is 43.9 Å². The molecule has 2 aromatic carbocycles. The summed E-state index contributed by atoms with van der Waals surface area (Å²) in [6, 6.07) is 13.2. The van der Waals surface area contributed by atoms with E-state index in [0.29, 0.717) is 5.69 Å². The van der Waals surface area contributed by atoms with Gasteiger partial charge >= 0.3 is 0 Å². The fourth-order valence-electron chi connectivity index (χ4n) is 4.84. The van der Waals surface area contributed by atoms with Gasteiger partial charge in [0.05, 0.1) is 11.4 Å². The van der Waals surface area contributed by atoms with Gasteiger partial charge < -0.3 is 5.32 Å². The van der Waals surface area contributed by atoms with E-state index in [1.807, 2.05) is 0 Å². The lowest BCUT2D eigenvalue weighted by molar-refractivity contribution is -0.133. The van der Waals surface area contributed by atoms with E-state index in [1.54, 1.807) is 25.1 Å². The van der Waals surface area contributed by atoms with E-state index >= 15 is 0 Å². The third kappa shape index (κ3) is 4.86. The molecule has 0 spiro atoms. The number of hydrogen-bond acceptors (Lipinski definition) is 4. The second-order valence-corrected chi connectivity index (χ2v) is 11.2. The minimum atomic E-state index is -4.00. The van der Waals surface area contributed by atoms with Crippen molar-refractivity contribution in [2.75, 3.05) is 18.0 Å². The SMILES string of the molecule is C[C@]1(C(=O)NC2CCCCCC2)CN(S(=O)(=O)c2ccccc2)CC(=O)N1c1ccc(F)cc1. The molecule has 0 radical (unpaired) electrons. The molecule has 1 aliphatic carbocycles. The van der Waals surface area contributed by atoms with Gasteiger partial charge in [-0.25, -0.2) is 12.8 Å². The Morgan fingerprint density at radius 3 is 2.24 bits per heavy atom. The highest BCUT2D eigenvalue weighted by Crippen LogP contribution is 2.33. The quantitative estimate of drug-likeness (QED) is 0.655. The minimum absolute atomic E-state index is 0.0295. The van der Waals surface area contributed by atoms with Gasteiger partial charge in [0.25, 0.3) is 0 Å². The van der Waals surface area contributed by atoms with E-state index in [-0.39, 0.29) is 17.5 Å². The van der Waals surface area contributed by atoms with Crippen LogP contribution in [0.5, 0.6) is 0 Å². The summed E-state index contributed by atoms with van der Waals surface area (Å²) in [6.07, 6.45) is 5.95. The van der Waals surface area contributed by atoms with Gasteiger partial charge in [-0.3, -0.25) is 14.5 Å². The Morgan fingerprint density at radius 1 is 1.00 bits per heavy atom. The zero-order valence-electron chi connectivity index (χ0n) is 19.2. The van der Waals surface area contributed by atoms with E-state index in [2.05, 4.69) is 5.32 Å². The predicted molar refractivity (Wildman–Crippen MR) is 127 cm³/mol. The summed E-state index contributed by atoms with van der Waals surface area (Å²) in [7, 11) is -4.00. The zero-order chi connectivity index (χ0) is 24.3. The fourth-order valence-corrected chi connectivity index (χ4v) is 6.34. The summed E-state index contributed by atoms with van der Waals surface area (Å²) in [4.78, 5) is 28.5. The Balaban J connectivity index is 1.70. The molecular formula is C25H30FN3O4S. The van der Waals surface area contributed by atoms with E-state index < -0.39 is 39.7 Å². The number of benzene rings is 2. The first-order valence-electron chi connectivity index (χ1n) is 11.7. The molecule has 9 heteroatoms. The van der Waals surface area contributed by atoms with Gasteiger partial charge in [0.2, 0.25) is 21.8 Å². The summed E-state index contributed by atoms with van der Waals surface area (Å²) in [6.45, 7) is 0.944. The second-order valence-electron chi connectivity index (χ2n) is 9.23. The van der Waals surface area contributed by atoms with Gasteiger partial charge in [0.1, 0.15) is 11.4 Å². The number of hydrogen-bond donors (Lipinski definition) is 1. The molecule has 1 saturated carbocycles. The van der Waals surface area contributed by atoms with Crippen molar-refractivity contribution >= 4 is 27.5 Å². The number of amides is 2. The summed E-state index contributed by atoms with van der Waals surface area (Å²) in [5.41, 5.74) is -1.16. The van der Waals surface area contributed by atoms with Crippen molar-refractivity contribution in [3.63, 3.8) is 0 Å². The standard InChI is InChI=1S/C25H30FN3O4S/c1-25(24(31)27-20-9-5-2-3-6-10-20)18-28(34(32,33)22-11-7-4-8-12-22)17-23(30)29(25)21-15-13-19(26)14-16-21/h4,7-8,11-16,20H,2-3,5-6,9-10,17-18H2,1H3,(H,27,31)/t25-/m1/s1. The summed E-state index contributed by atoms with van der Waals surface area (Å²) < 4.78 is 41.3. The van der Waals surface area contributed by atoms with Crippen LogP contribution in [0.25, 0.3) is 0 Å². The van der Waals surface area contributed by atoms with Crippen LogP contribution in [-0.2, 0) is 19.6 Å². The first kappa shape index (κ1) is 24.3. The molecule has 1 saturated heterocycles. The first-order valence-corrected chi connectivity index (χ1v) is 13.1. The third-order valence-electron chi connectivity index (χ3n) is 6.68. The maximum Gasteiger partial charge on any atom is 0.247 e. The van der Waals surface area contributed by atoms with Crippen LogP contribution in [0.2, 0.25) is 0 Å². The Kier molecular flexibility index (Phi) is 7.04. The molecule has 34 heavy (non-hydrogen) atoms. The van der Waals surface area contributed by atoms with Gasteiger partial charge in [-0.15, -0.1) is 0 Å². The van der Waals surface area contributed by atoms with Crippen molar-refractivity contribution < 1.29 is 22.4 Å². The molecule has 1 aliphatic heterocycles. The number of nitrogens with one attached hydrogen (secondary N) is 1. The van der Waals surface area contributed by atoms with Crippen LogP contribution in [0.4, 0.5) is 10.1 Å². The number of anilines is 1. The number of rotatable bonds is 5. The molecule has 1 heterocycles. The third-order valence-corrected chi connectivity index (χ3v) is 8.49. The molecule has 1 atom stereocenters. The number of carbonyl (C=O) groups is 2. The lowest BCUT2D eigenvalue weighted by atomic mass is 9.93. The van der Waals surface area contributed by atoms with Crippen molar-refractivity contribution in [1.82, 2.24) is 9.62 Å². The lowest BCUT2D eigenvalue weighted by Gasteiger charge is -2.47. The van der Waals surface area contributed by atoms with Crippen LogP contribution in [0.15, 0.2) is 59.5 Å². The summed E-state index contributed by atoms with van der Waals surface area (Å²) in [5.74, 6) is -1.42. The molecule has 0 bridgehead atoms. The van der Waals surface area contributed by atoms with Crippen LogP contribution in [0.3, 0.4) is 0 Å². The fraction of sp³-hybridized carbons (Fsp3) is 0.440. The molecule has 7 nitrogen and oxygen atoms in total. The molecule has 0 aromatic heterocycles. The smallest absolute Gasteiger partial charge is 0.247 e. The lowest BCUT2D eigenvalue weighted by Crippen LogP contribution is -2.70. The normalized spacial score (nSPS) is 22.9. The number of halogens is 1. The highest BCUT2D eigenvalue weighted by atomic mass is 32.2. The van der Waals surface area contributed by atoms with Crippen LogP contribution in [0, 0.1) is 5.82 Å². The Morgan fingerprint density at radius 2 is 1.62 bits per heavy atom. The van der Waals surface area contributed by atoms with Crippen LogP contribution in [0.1, 0.15) is 45.4 Å². The average molecular weight is 488 g/mol. The molecule has 2 amide bonds. The van der Waals surface area contributed by atoms with Crippen LogP contribution in [-0.4, -0.2) is 49.2 Å². The molecule has 2 aromatic rings. The topological polar surface area (TPSA) is 86.8 Å². The Hall–Kier alpha value is -2.78. The van der Waals surface area contributed by atoms with Crippen LogP contribution >= 0.6 is 0 Å². The first-order chi connectivity index (χ1) is 16.2. The average Bonchev–Trinajstić information content (AvgIpc) is 3.09. The molecular weight excluding hydrogens is 457 g/mol. The highest BCUT2D eigenvalue weighted by Gasteiger charge is 2.51. The predicted octanol–water partition coefficient (Wildman–Crippen LogP) is 3.46. The summed E-state index contributed by atoms with van der Waals surface area (Å²) in [5, 5.41) is 3.08. The Labute approximate surface area is 200 Å². The number of piperazine rings is 1.